The van der Waals surface area contributed by atoms with Crippen LogP contribution in [0.15, 0.2) is 12.2 Å². The zero-order chi connectivity index (χ0) is 12.1. The Labute approximate surface area is 100 Å². The highest BCUT2D eigenvalue weighted by molar-refractivity contribution is 5.65. The van der Waals surface area contributed by atoms with E-state index in [1.807, 2.05) is 6.08 Å². The van der Waals surface area contributed by atoms with Crippen LogP contribution in [-0.2, 0) is 9.53 Å². The molecule has 0 bridgehead atoms. The van der Waals surface area contributed by atoms with Crippen molar-refractivity contribution in [2.75, 3.05) is 6.61 Å². The van der Waals surface area contributed by atoms with Crippen LogP contribution in [0, 0.1) is 0 Å². The van der Waals surface area contributed by atoms with E-state index in [2.05, 4.69) is 13.0 Å². The van der Waals surface area contributed by atoms with E-state index in [1.54, 1.807) is 0 Å². The van der Waals surface area contributed by atoms with Gasteiger partial charge in [-0.15, -0.1) is 0 Å². The third kappa shape index (κ3) is 13.2. The largest absolute Gasteiger partial charge is 0.462 e. The normalized spacial score (nSPS) is 10.9. The molecule has 2 nitrogen and oxygen atoms in total. The summed E-state index contributed by atoms with van der Waals surface area (Å²) in [5.41, 5.74) is 0. The molecule has 0 aliphatic carbocycles. The molecular formula is C14H26O2. The lowest BCUT2D eigenvalue weighted by Crippen LogP contribution is -1.97. The summed E-state index contributed by atoms with van der Waals surface area (Å²) in [6.07, 6.45) is 14.5. The smallest absolute Gasteiger partial charge is 0.302 e. The lowest BCUT2D eigenvalue weighted by Gasteiger charge is -1.99. The maximum Gasteiger partial charge on any atom is 0.302 e. The van der Waals surface area contributed by atoms with E-state index in [-0.39, 0.29) is 5.97 Å². The molecule has 0 heterocycles. The molecule has 0 rings (SSSR count). The lowest BCUT2D eigenvalue weighted by atomic mass is 10.1. The van der Waals surface area contributed by atoms with E-state index in [0.717, 1.165) is 6.42 Å². The quantitative estimate of drug-likeness (QED) is 0.316. The van der Waals surface area contributed by atoms with Crippen molar-refractivity contribution in [3.05, 3.63) is 12.2 Å². The Balaban J connectivity index is 3.05. The Morgan fingerprint density at radius 3 is 2.25 bits per heavy atom. The Morgan fingerprint density at radius 2 is 1.62 bits per heavy atom. The number of rotatable bonds is 10. The van der Waals surface area contributed by atoms with Crippen molar-refractivity contribution in [3.8, 4) is 0 Å². The Hall–Kier alpha value is -0.790. The second-order valence-corrected chi connectivity index (χ2v) is 4.18. The predicted octanol–water partition coefficient (Wildman–Crippen LogP) is 4.25. The number of carbonyl (C=O) groups is 1. The van der Waals surface area contributed by atoms with E-state index >= 15 is 0 Å². The molecule has 0 unspecified atom stereocenters. The van der Waals surface area contributed by atoms with Crippen LogP contribution in [0.1, 0.15) is 65.2 Å². The second-order valence-electron chi connectivity index (χ2n) is 4.18. The van der Waals surface area contributed by atoms with Crippen molar-refractivity contribution in [1.82, 2.24) is 0 Å². The van der Waals surface area contributed by atoms with Gasteiger partial charge in [0, 0.05) is 6.92 Å². The first-order chi connectivity index (χ1) is 7.77. The number of carbonyl (C=O) groups excluding carboxylic acids is 1. The molecule has 16 heavy (non-hydrogen) atoms. The minimum absolute atomic E-state index is 0.208. The highest BCUT2D eigenvalue weighted by atomic mass is 16.5. The summed E-state index contributed by atoms with van der Waals surface area (Å²) in [6.45, 7) is 4.10. The molecule has 0 fully saturated rings. The number of hydrogen-bond acceptors (Lipinski definition) is 2. The molecule has 0 N–H and O–H groups in total. The lowest BCUT2D eigenvalue weighted by molar-refractivity contribution is -0.139. The summed E-state index contributed by atoms with van der Waals surface area (Å²) >= 11 is 0. The Morgan fingerprint density at radius 1 is 1.00 bits per heavy atom. The first-order valence-electron chi connectivity index (χ1n) is 6.55. The van der Waals surface area contributed by atoms with Crippen LogP contribution >= 0.6 is 0 Å². The van der Waals surface area contributed by atoms with Gasteiger partial charge in [-0.25, -0.2) is 0 Å². The monoisotopic (exact) mass is 226 g/mol. The maximum absolute atomic E-state index is 10.4. The molecule has 0 spiro atoms. The van der Waals surface area contributed by atoms with Gasteiger partial charge >= 0.3 is 5.97 Å². The molecule has 0 saturated heterocycles. The van der Waals surface area contributed by atoms with Gasteiger partial charge in [0.05, 0.1) is 0 Å². The number of unbranched alkanes of at least 4 members (excludes halogenated alkanes) is 7. The minimum atomic E-state index is -0.208. The van der Waals surface area contributed by atoms with Crippen LogP contribution in [-0.4, -0.2) is 12.6 Å². The molecule has 0 aromatic carbocycles. The van der Waals surface area contributed by atoms with Crippen LogP contribution in [0.3, 0.4) is 0 Å². The Bertz CT molecular complexity index is 185. The van der Waals surface area contributed by atoms with Gasteiger partial charge in [-0.2, -0.15) is 0 Å². The van der Waals surface area contributed by atoms with Crippen LogP contribution in [0.5, 0.6) is 0 Å². The number of esters is 1. The third-order valence-corrected chi connectivity index (χ3v) is 2.52. The molecule has 2 heteroatoms. The zero-order valence-electron chi connectivity index (χ0n) is 10.8. The highest BCUT2D eigenvalue weighted by Crippen LogP contribution is 2.08. The fourth-order valence-electron chi connectivity index (χ4n) is 1.57. The first-order valence-corrected chi connectivity index (χ1v) is 6.55. The number of ether oxygens (including phenoxy) is 1. The summed E-state index contributed by atoms with van der Waals surface area (Å²) < 4.78 is 4.79. The van der Waals surface area contributed by atoms with Crippen LogP contribution in [0.2, 0.25) is 0 Å². The van der Waals surface area contributed by atoms with Gasteiger partial charge in [0.15, 0.2) is 0 Å². The molecule has 0 aliphatic heterocycles. The van der Waals surface area contributed by atoms with Gasteiger partial charge in [0.1, 0.15) is 6.61 Å². The van der Waals surface area contributed by atoms with E-state index in [0.29, 0.717) is 6.61 Å². The van der Waals surface area contributed by atoms with Gasteiger partial charge in [-0.1, -0.05) is 57.6 Å². The number of allylic oxidation sites excluding steroid dienone is 1. The summed E-state index contributed by atoms with van der Waals surface area (Å²) in [7, 11) is 0. The van der Waals surface area contributed by atoms with Gasteiger partial charge in [0.2, 0.25) is 0 Å². The van der Waals surface area contributed by atoms with E-state index in [1.165, 1.54) is 51.9 Å². The van der Waals surface area contributed by atoms with Crippen molar-refractivity contribution in [2.24, 2.45) is 0 Å². The molecule has 0 aromatic rings. The van der Waals surface area contributed by atoms with Gasteiger partial charge < -0.3 is 4.74 Å². The second kappa shape index (κ2) is 12.3. The molecule has 0 saturated carbocycles. The standard InChI is InChI=1S/C14H26O2/c1-3-4-5-6-7-8-9-10-11-12-13-16-14(2)15/h11-12H,3-10,13H2,1-2H3/b12-11+. The summed E-state index contributed by atoms with van der Waals surface area (Å²) in [4.78, 5) is 10.4. The predicted molar refractivity (Wildman–Crippen MR) is 68.4 cm³/mol. The summed E-state index contributed by atoms with van der Waals surface area (Å²) in [5, 5.41) is 0. The average molecular weight is 226 g/mol. The third-order valence-electron chi connectivity index (χ3n) is 2.52. The molecule has 0 aliphatic rings. The van der Waals surface area contributed by atoms with Crippen molar-refractivity contribution >= 4 is 5.97 Å². The molecule has 94 valence electrons. The van der Waals surface area contributed by atoms with Crippen LogP contribution in [0.25, 0.3) is 0 Å². The van der Waals surface area contributed by atoms with Crippen molar-refractivity contribution in [1.29, 1.82) is 0 Å². The van der Waals surface area contributed by atoms with Gasteiger partial charge in [-0.05, 0) is 12.8 Å². The van der Waals surface area contributed by atoms with Gasteiger partial charge in [0.25, 0.3) is 0 Å². The van der Waals surface area contributed by atoms with E-state index in [4.69, 9.17) is 4.74 Å². The van der Waals surface area contributed by atoms with Crippen molar-refractivity contribution in [3.63, 3.8) is 0 Å². The average Bonchev–Trinajstić information content (AvgIpc) is 2.25. The van der Waals surface area contributed by atoms with E-state index in [9.17, 15) is 4.79 Å². The topological polar surface area (TPSA) is 26.3 Å². The fourth-order valence-corrected chi connectivity index (χ4v) is 1.57. The molecular weight excluding hydrogens is 200 g/mol. The first kappa shape index (κ1) is 15.2. The minimum Gasteiger partial charge on any atom is -0.462 e. The van der Waals surface area contributed by atoms with Crippen LogP contribution in [0.4, 0.5) is 0 Å². The van der Waals surface area contributed by atoms with Crippen molar-refractivity contribution < 1.29 is 9.53 Å². The highest BCUT2D eigenvalue weighted by Gasteiger charge is 1.90. The molecule has 0 amide bonds. The maximum atomic E-state index is 10.4. The summed E-state index contributed by atoms with van der Waals surface area (Å²) in [5.74, 6) is -0.208. The van der Waals surface area contributed by atoms with E-state index < -0.39 is 0 Å². The molecule has 0 radical (unpaired) electrons. The summed E-state index contributed by atoms with van der Waals surface area (Å²) in [6, 6.07) is 0. The van der Waals surface area contributed by atoms with Crippen LogP contribution < -0.4 is 0 Å². The van der Waals surface area contributed by atoms with Gasteiger partial charge in [-0.3, -0.25) is 4.79 Å². The molecule has 0 atom stereocenters. The Kier molecular flexibility index (Phi) is 11.7. The molecule has 0 aromatic heterocycles. The van der Waals surface area contributed by atoms with Crippen molar-refractivity contribution in [2.45, 2.75) is 65.2 Å². The fraction of sp³-hybridized carbons (Fsp3) is 0.786. The zero-order valence-corrected chi connectivity index (χ0v) is 10.8. The number of hydrogen-bond donors (Lipinski definition) is 0. The SMILES string of the molecule is CCCCCCCCC/C=C/COC(C)=O.